The summed E-state index contributed by atoms with van der Waals surface area (Å²) in [6.07, 6.45) is 3.35. The Hall–Kier alpha value is -2.66. The van der Waals surface area contributed by atoms with Crippen molar-refractivity contribution in [3.63, 3.8) is 0 Å². The Kier molecular flexibility index (Phi) is 4.48. The number of hydrogen-bond donors (Lipinski definition) is 2. The van der Waals surface area contributed by atoms with Gasteiger partial charge in [0.05, 0.1) is 11.0 Å². The Bertz CT molecular complexity index is 867. The minimum Gasteiger partial charge on any atom is -0.370 e. The number of H-pyrrole nitrogens is 1. The molecule has 5 nitrogen and oxygen atoms in total. The number of aromatic nitrogens is 2. The summed E-state index contributed by atoms with van der Waals surface area (Å²) in [6.45, 7) is 0.796. The monoisotopic (exact) mass is 335 g/mol. The third-order valence-electron chi connectivity index (χ3n) is 4.50. The van der Waals surface area contributed by atoms with Crippen LogP contribution in [-0.2, 0) is 16.0 Å². The number of aryl methyl sites for hydroxylation is 1. The number of imidazole rings is 1. The first kappa shape index (κ1) is 15.8. The topological polar surface area (TPSA) is 67.0 Å². The second-order valence-electron chi connectivity index (χ2n) is 6.39. The summed E-state index contributed by atoms with van der Waals surface area (Å²) in [6, 6.07) is 15.8. The Balaban J connectivity index is 1.41. The van der Waals surface area contributed by atoms with Gasteiger partial charge in [-0.3, -0.25) is 4.79 Å². The lowest BCUT2D eigenvalue weighted by Gasteiger charge is -2.05. The van der Waals surface area contributed by atoms with Gasteiger partial charge in [-0.05, 0) is 43.0 Å². The number of hydrogen-bond acceptors (Lipinski definition) is 3. The first-order chi connectivity index (χ1) is 12.3. The van der Waals surface area contributed by atoms with Crippen LogP contribution in [-0.4, -0.2) is 22.5 Å². The molecule has 0 unspecified atom stereocenters. The highest BCUT2D eigenvalue weighted by Gasteiger charge is 2.21. The normalized spacial score (nSPS) is 17.0. The lowest BCUT2D eigenvalue weighted by atomic mass is 10.1. The third kappa shape index (κ3) is 3.72. The molecule has 1 saturated heterocycles. The molecular formula is C20H21N3O2. The molecule has 0 spiro atoms. The lowest BCUT2D eigenvalue weighted by molar-refractivity contribution is -0.116. The molecule has 1 aromatic heterocycles. The summed E-state index contributed by atoms with van der Waals surface area (Å²) in [4.78, 5) is 20.1. The van der Waals surface area contributed by atoms with Gasteiger partial charge in [-0.15, -0.1) is 0 Å². The molecule has 128 valence electrons. The van der Waals surface area contributed by atoms with Gasteiger partial charge in [-0.2, -0.15) is 0 Å². The molecule has 4 rings (SSSR count). The van der Waals surface area contributed by atoms with Crippen molar-refractivity contribution in [2.75, 3.05) is 11.9 Å². The summed E-state index contributed by atoms with van der Waals surface area (Å²) >= 11 is 0. The van der Waals surface area contributed by atoms with Gasteiger partial charge >= 0.3 is 0 Å². The van der Waals surface area contributed by atoms with E-state index >= 15 is 0 Å². The SMILES string of the molecule is O=C(CCc1ccccc1)Nc1ccc2nc([C@@H]3CCCO3)[nH]c2c1. The maximum atomic E-state index is 12.2. The number of carbonyl (C=O) groups excluding carboxylic acids is 1. The largest absolute Gasteiger partial charge is 0.370 e. The van der Waals surface area contributed by atoms with E-state index in [-0.39, 0.29) is 12.0 Å². The van der Waals surface area contributed by atoms with Crippen LogP contribution in [0.1, 0.15) is 36.8 Å². The predicted octanol–water partition coefficient (Wildman–Crippen LogP) is 3.99. The number of amides is 1. The van der Waals surface area contributed by atoms with Crippen LogP contribution in [0.15, 0.2) is 48.5 Å². The number of fused-ring (bicyclic) bond motifs is 1. The second kappa shape index (κ2) is 7.07. The molecule has 1 aliphatic rings. The highest BCUT2D eigenvalue weighted by atomic mass is 16.5. The molecule has 2 aromatic carbocycles. The lowest BCUT2D eigenvalue weighted by Crippen LogP contribution is -2.12. The van der Waals surface area contributed by atoms with E-state index in [1.165, 1.54) is 5.56 Å². The van der Waals surface area contributed by atoms with Gasteiger partial charge in [0.2, 0.25) is 5.91 Å². The standard InChI is InChI=1S/C20H21N3O2/c24-19(11-8-14-5-2-1-3-6-14)21-15-9-10-16-17(13-15)23-20(22-16)18-7-4-12-25-18/h1-3,5-6,9-10,13,18H,4,7-8,11-12H2,(H,21,24)(H,22,23)/t18-/m0/s1. The quantitative estimate of drug-likeness (QED) is 0.741. The predicted molar refractivity (Wildman–Crippen MR) is 97.4 cm³/mol. The summed E-state index contributed by atoms with van der Waals surface area (Å²) < 4.78 is 5.67. The molecule has 0 saturated carbocycles. The Morgan fingerprint density at radius 1 is 1.24 bits per heavy atom. The van der Waals surface area contributed by atoms with Crippen molar-refractivity contribution < 1.29 is 9.53 Å². The van der Waals surface area contributed by atoms with Gasteiger partial charge in [0.25, 0.3) is 0 Å². The van der Waals surface area contributed by atoms with Crippen LogP contribution in [0.5, 0.6) is 0 Å². The fraction of sp³-hybridized carbons (Fsp3) is 0.300. The van der Waals surface area contributed by atoms with Crippen LogP contribution in [0.25, 0.3) is 11.0 Å². The van der Waals surface area contributed by atoms with Crippen molar-refractivity contribution in [2.24, 2.45) is 0 Å². The van der Waals surface area contributed by atoms with Gasteiger partial charge < -0.3 is 15.0 Å². The first-order valence-corrected chi connectivity index (χ1v) is 8.73. The smallest absolute Gasteiger partial charge is 0.224 e. The molecule has 0 aliphatic carbocycles. The van der Waals surface area contributed by atoms with Crippen molar-refractivity contribution in [1.29, 1.82) is 0 Å². The molecule has 0 bridgehead atoms. The molecule has 1 aliphatic heterocycles. The average Bonchev–Trinajstić information content (AvgIpc) is 3.30. The highest BCUT2D eigenvalue weighted by molar-refractivity contribution is 5.93. The zero-order chi connectivity index (χ0) is 17.1. The number of benzene rings is 2. The number of aromatic amines is 1. The van der Waals surface area contributed by atoms with E-state index < -0.39 is 0 Å². The van der Waals surface area contributed by atoms with Crippen LogP contribution in [0, 0.1) is 0 Å². The molecule has 25 heavy (non-hydrogen) atoms. The van der Waals surface area contributed by atoms with Crippen LogP contribution in [0.4, 0.5) is 5.69 Å². The Morgan fingerprint density at radius 2 is 2.12 bits per heavy atom. The van der Waals surface area contributed by atoms with E-state index in [4.69, 9.17) is 4.74 Å². The minimum absolute atomic E-state index is 0.0158. The summed E-state index contributed by atoms with van der Waals surface area (Å²) in [7, 11) is 0. The summed E-state index contributed by atoms with van der Waals surface area (Å²) in [5, 5.41) is 2.97. The zero-order valence-corrected chi connectivity index (χ0v) is 14.0. The van der Waals surface area contributed by atoms with Gasteiger partial charge in [0.15, 0.2) is 0 Å². The van der Waals surface area contributed by atoms with Gasteiger partial charge in [-0.25, -0.2) is 4.98 Å². The van der Waals surface area contributed by atoms with E-state index in [1.54, 1.807) is 0 Å². The maximum absolute atomic E-state index is 12.2. The van der Waals surface area contributed by atoms with E-state index in [2.05, 4.69) is 15.3 Å². The molecule has 2 heterocycles. The molecule has 1 atom stereocenters. The van der Waals surface area contributed by atoms with E-state index in [1.807, 2.05) is 48.5 Å². The molecule has 1 amide bonds. The van der Waals surface area contributed by atoms with Crippen molar-refractivity contribution in [3.05, 3.63) is 59.9 Å². The van der Waals surface area contributed by atoms with E-state index in [0.717, 1.165) is 48.4 Å². The Morgan fingerprint density at radius 3 is 2.92 bits per heavy atom. The van der Waals surface area contributed by atoms with Crippen molar-refractivity contribution in [3.8, 4) is 0 Å². The first-order valence-electron chi connectivity index (χ1n) is 8.73. The number of rotatable bonds is 5. The number of carbonyl (C=O) groups is 1. The molecule has 0 radical (unpaired) electrons. The number of ether oxygens (including phenoxy) is 1. The molecular weight excluding hydrogens is 314 g/mol. The van der Waals surface area contributed by atoms with Gasteiger partial charge in [0.1, 0.15) is 11.9 Å². The third-order valence-corrected chi connectivity index (χ3v) is 4.50. The second-order valence-corrected chi connectivity index (χ2v) is 6.39. The molecule has 1 fully saturated rings. The molecule has 3 aromatic rings. The summed E-state index contributed by atoms with van der Waals surface area (Å²) in [5.41, 5.74) is 3.77. The van der Waals surface area contributed by atoms with Crippen LogP contribution >= 0.6 is 0 Å². The summed E-state index contributed by atoms with van der Waals surface area (Å²) in [5.74, 6) is 0.891. The fourth-order valence-electron chi connectivity index (χ4n) is 3.18. The zero-order valence-electron chi connectivity index (χ0n) is 14.0. The van der Waals surface area contributed by atoms with Crippen LogP contribution < -0.4 is 5.32 Å². The molecule has 2 N–H and O–H groups in total. The van der Waals surface area contributed by atoms with Gasteiger partial charge in [0, 0.05) is 18.7 Å². The van der Waals surface area contributed by atoms with Crippen molar-refractivity contribution in [1.82, 2.24) is 9.97 Å². The van der Waals surface area contributed by atoms with Gasteiger partial charge in [-0.1, -0.05) is 30.3 Å². The van der Waals surface area contributed by atoms with E-state index in [9.17, 15) is 4.79 Å². The van der Waals surface area contributed by atoms with Crippen molar-refractivity contribution >= 4 is 22.6 Å². The Labute approximate surface area is 146 Å². The highest BCUT2D eigenvalue weighted by Crippen LogP contribution is 2.28. The number of anilines is 1. The molecule has 5 heteroatoms. The number of nitrogens with zero attached hydrogens (tertiary/aromatic N) is 1. The number of nitrogens with one attached hydrogen (secondary N) is 2. The van der Waals surface area contributed by atoms with Crippen LogP contribution in [0.2, 0.25) is 0 Å². The van der Waals surface area contributed by atoms with E-state index in [0.29, 0.717) is 6.42 Å². The fourth-order valence-corrected chi connectivity index (χ4v) is 3.18. The maximum Gasteiger partial charge on any atom is 0.224 e. The van der Waals surface area contributed by atoms with Crippen molar-refractivity contribution in [2.45, 2.75) is 31.8 Å². The average molecular weight is 335 g/mol. The minimum atomic E-state index is 0.0158. The van der Waals surface area contributed by atoms with Crippen LogP contribution in [0.3, 0.4) is 0 Å².